The Balaban J connectivity index is 0.000000492. The van der Waals surface area contributed by atoms with E-state index in [4.69, 9.17) is 9.81 Å². The number of hydrogen-bond donors (Lipinski definition) is 2. The summed E-state index contributed by atoms with van der Waals surface area (Å²) >= 11 is 3.09. The first-order valence-corrected chi connectivity index (χ1v) is 7.68. The van der Waals surface area contributed by atoms with Crippen LogP contribution >= 0.6 is 12.6 Å². The predicted molar refractivity (Wildman–Crippen MR) is 69.6 cm³/mol. The van der Waals surface area contributed by atoms with Crippen molar-refractivity contribution in [3.8, 4) is 5.40 Å². The lowest BCUT2D eigenvalue weighted by molar-refractivity contribution is -0.128. The molecule has 18 heavy (non-hydrogen) atoms. The largest absolute Gasteiger partial charge is 0.299 e. The van der Waals surface area contributed by atoms with Crippen molar-refractivity contribution in [3.05, 3.63) is 0 Å². The molecule has 2 rings (SSSR count). The average Bonchev–Trinajstić information content (AvgIpc) is 2.50. The fourth-order valence-electron chi connectivity index (χ4n) is 3.42. The number of ketones is 1. The van der Waals surface area contributed by atoms with Gasteiger partial charge in [-0.15, -0.1) is 0 Å². The number of nitriles is 1. The van der Waals surface area contributed by atoms with Crippen molar-refractivity contribution in [1.82, 2.24) is 0 Å². The smallest absolute Gasteiger partial charge is 0.265 e. The Kier molecular flexibility index (Phi) is 4.16. The molecular formula is C11H17NO4S2. The summed E-state index contributed by atoms with van der Waals surface area (Å²) in [5.74, 6) is -0.101. The lowest BCUT2D eigenvalue weighted by Crippen LogP contribution is -2.42. The van der Waals surface area contributed by atoms with Crippen molar-refractivity contribution < 1.29 is 17.8 Å². The maximum absolute atomic E-state index is 11.9. The molecule has 7 heteroatoms. The minimum absolute atomic E-state index is 0.0152. The summed E-state index contributed by atoms with van der Waals surface area (Å²) in [5.41, 5.74) is -1.12. The number of thiocyanates is 1. The molecule has 0 heterocycles. The highest BCUT2D eigenvalue weighted by atomic mass is 32.2. The van der Waals surface area contributed by atoms with Gasteiger partial charge in [-0.3, -0.25) is 9.35 Å². The highest BCUT2D eigenvalue weighted by molar-refractivity contribution is 7.85. The van der Waals surface area contributed by atoms with Crippen LogP contribution in [0.4, 0.5) is 0 Å². The van der Waals surface area contributed by atoms with Crippen molar-refractivity contribution in [1.29, 1.82) is 5.26 Å². The van der Waals surface area contributed by atoms with Gasteiger partial charge in [-0.1, -0.05) is 26.5 Å². The molecule has 2 saturated carbocycles. The number of carbonyl (C=O) groups is 1. The van der Waals surface area contributed by atoms with E-state index in [0.717, 1.165) is 6.42 Å². The molecule has 2 aliphatic carbocycles. The Morgan fingerprint density at radius 2 is 2.06 bits per heavy atom. The first-order valence-electron chi connectivity index (χ1n) is 5.62. The summed E-state index contributed by atoms with van der Waals surface area (Å²) in [6.45, 7) is 3.89. The quantitative estimate of drug-likeness (QED) is 0.458. The summed E-state index contributed by atoms with van der Waals surface area (Å²) in [6.07, 6.45) is 1.97. The second-order valence-corrected chi connectivity index (χ2v) is 7.15. The molecule has 0 aromatic heterocycles. The molecule has 0 aromatic carbocycles. The fourth-order valence-corrected chi connectivity index (χ4v) is 4.72. The van der Waals surface area contributed by atoms with E-state index in [1.165, 1.54) is 5.40 Å². The summed E-state index contributed by atoms with van der Waals surface area (Å²) in [6, 6.07) is 0. The lowest BCUT2D eigenvalue weighted by Gasteiger charge is -2.35. The van der Waals surface area contributed by atoms with Gasteiger partial charge in [-0.25, -0.2) is 0 Å². The van der Waals surface area contributed by atoms with Crippen molar-refractivity contribution in [2.45, 2.75) is 33.1 Å². The molecule has 0 amide bonds. The van der Waals surface area contributed by atoms with Crippen LogP contribution in [0.2, 0.25) is 0 Å². The molecule has 2 aliphatic rings. The van der Waals surface area contributed by atoms with Crippen LogP contribution < -0.4 is 0 Å². The van der Waals surface area contributed by atoms with E-state index in [2.05, 4.69) is 12.6 Å². The Hall–Kier alpha value is -0.580. The van der Waals surface area contributed by atoms with E-state index in [9.17, 15) is 13.2 Å². The molecule has 102 valence electrons. The van der Waals surface area contributed by atoms with E-state index >= 15 is 0 Å². The van der Waals surface area contributed by atoms with E-state index < -0.39 is 21.3 Å². The zero-order chi connectivity index (χ0) is 14.2. The van der Waals surface area contributed by atoms with Gasteiger partial charge in [0, 0.05) is 6.42 Å². The first kappa shape index (κ1) is 15.5. The van der Waals surface area contributed by atoms with Crippen molar-refractivity contribution in [3.63, 3.8) is 0 Å². The number of thiol groups is 1. The lowest BCUT2D eigenvalue weighted by atomic mass is 9.70. The van der Waals surface area contributed by atoms with E-state index in [1.54, 1.807) is 0 Å². The number of hydrogen-bond acceptors (Lipinski definition) is 5. The maximum atomic E-state index is 11.9. The number of carbonyl (C=O) groups excluding carboxylic acids is 1. The molecule has 5 nitrogen and oxygen atoms in total. The number of nitrogens with zero attached hydrogens (tertiary/aromatic N) is 1. The van der Waals surface area contributed by atoms with Crippen LogP contribution in [0.15, 0.2) is 0 Å². The molecule has 0 aromatic rings. The normalized spacial score (nSPS) is 32.6. The standard InChI is InChI=1S/C10H16O4S.CHNS/c1-9(2)7-3-4-10(9,8(11)5-7)6-15(12,13)14;2-1-3/h7H,3-6H2,1-2H3,(H,12,13,14);3H. The maximum Gasteiger partial charge on any atom is 0.265 e. The van der Waals surface area contributed by atoms with Crippen molar-refractivity contribution in [2.75, 3.05) is 5.75 Å². The summed E-state index contributed by atoms with van der Waals surface area (Å²) in [5, 5.41) is 8.63. The van der Waals surface area contributed by atoms with E-state index in [-0.39, 0.29) is 17.1 Å². The molecule has 1 N–H and O–H groups in total. The molecule has 0 radical (unpaired) electrons. The number of rotatable bonds is 2. The predicted octanol–water partition coefficient (Wildman–Crippen LogP) is 1.67. The zero-order valence-corrected chi connectivity index (χ0v) is 12.1. The minimum Gasteiger partial charge on any atom is -0.299 e. The second-order valence-electron chi connectivity index (χ2n) is 5.49. The molecule has 2 fully saturated rings. The Morgan fingerprint density at radius 3 is 2.33 bits per heavy atom. The highest BCUT2D eigenvalue weighted by Crippen LogP contribution is 2.64. The van der Waals surface area contributed by atoms with Crippen LogP contribution in [0.1, 0.15) is 33.1 Å². The van der Waals surface area contributed by atoms with Crippen LogP contribution in [0.25, 0.3) is 0 Å². The van der Waals surface area contributed by atoms with Gasteiger partial charge in [0.2, 0.25) is 0 Å². The second kappa shape index (κ2) is 4.83. The zero-order valence-electron chi connectivity index (χ0n) is 10.4. The average molecular weight is 291 g/mol. The summed E-state index contributed by atoms with van der Waals surface area (Å²) in [7, 11) is -4.08. The van der Waals surface area contributed by atoms with Crippen LogP contribution in [0.5, 0.6) is 0 Å². The third-order valence-electron chi connectivity index (χ3n) is 4.57. The van der Waals surface area contributed by atoms with E-state index in [0.29, 0.717) is 12.8 Å². The van der Waals surface area contributed by atoms with Gasteiger partial charge in [-0.2, -0.15) is 13.7 Å². The minimum atomic E-state index is -4.08. The first-order chi connectivity index (χ1) is 8.10. The van der Waals surface area contributed by atoms with Gasteiger partial charge in [0.25, 0.3) is 10.1 Å². The van der Waals surface area contributed by atoms with Gasteiger partial charge in [-0.05, 0) is 24.2 Å². The van der Waals surface area contributed by atoms with Crippen LogP contribution in [-0.2, 0) is 14.9 Å². The Bertz CT molecular complexity index is 492. The Labute approximate surface area is 113 Å². The van der Waals surface area contributed by atoms with Gasteiger partial charge >= 0.3 is 0 Å². The monoisotopic (exact) mass is 291 g/mol. The summed E-state index contributed by atoms with van der Waals surface area (Å²) in [4.78, 5) is 11.9. The molecular weight excluding hydrogens is 274 g/mol. The van der Waals surface area contributed by atoms with Crippen LogP contribution in [-0.4, -0.2) is 24.5 Å². The van der Waals surface area contributed by atoms with E-state index in [1.807, 2.05) is 13.8 Å². The molecule has 0 aliphatic heterocycles. The molecule has 2 unspecified atom stereocenters. The van der Waals surface area contributed by atoms with Crippen molar-refractivity contribution >= 4 is 28.5 Å². The van der Waals surface area contributed by atoms with Gasteiger partial charge < -0.3 is 0 Å². The molecule has 0 saturated heterocycles. The number of Topliss-reactive ketones (excluding diaryl/α,β-unsaturated/α-hetero) is 1. The Morgan fingerprint density at radius 1 is 1.56 bits per heavy atom. The SMILES string of the molecule is CC1(C)C2CCC1(CS(=O)(=O)O)C(=O)C2.N#CS. The van der Waals surface area contributed by atoms with Crippen LogP contribution in [0, 0.1) is 27.4 Å². The third-order valence-corrected chi connectivity index (χ3v) is 5.43. The fraction of sp³-hybridized carbons (Fsp3) is 0.818. The third kappa shape index (κ3) is 2.42. The van der Waals surface area contributed by atoms with Gasteiger partial charge in [0.15, 0.2) is 0 Å². The van der Waals surface area contributed by atoms with Gasteiger partial charge in [0.05, 0.1) is 11.2 Å². The van der Waals surface area contributed by atoms with Crippen molar-refractivity contribution in [2.24, 2.45) is 16.7 Å². The highest BCUT2D eigenvalue weighted by Gasteiger charge is 2.65. The van der Waals surface area contributed by atoms with Crippen LogP contribution in [0.3, 0.4) is 0 Å². The number of fused-ring (bicyclic) bond motifs is 2. The molecule has 2 atom stereocenters. The summed E-state index contributed by atoms with van der Waals surface area (Å²) < 4.78 is 31.0. The molecule has 0 spiro atoms. The topological polar surface area (TPSA) is 95.2 Å². The van der Waals surface area contributed by atoms with Gasteiger partial charge in [0.1, 0.15) is 11.2 Å². The molecule has 2 bridgehead atoms.